The van der Waals surface area contributed by atoms with Gasteiger partial charge in [0, 0.05) is 11.8 Å². The number of hydrogen-bond acceptors (Lipinski definition) is 4. The molecule has 1 heterocycles. The lowest BCUT2D eigenvalue weighted by molar-refractivity contribution is -0.121. The number of carbonyl (C=O) groups excluding carboxylic acids is 1. The maximum absolute atomic E-state index is 11.8. The summed E-state index contributed by atoms with van der Waals surface area (Å²) in [5.74, 6) is 1.24. The van der Waals surface area contributed by atoms with Gasteiger partial charge in [0.15, 0.2) is 0 Å². The monoisotopic (exact) mass is 316 g/mol. The van der Waals surface area contributed by atoms with Crippen LogP contribution in [0, 0.1) is 6.92 Å². The molecule has 0 fully saturated rings. The van der Waals surface area contributed by atoms with E-state index in [0.29, 0.717) is 24.5 Å². The van der Waals surface area contributed by atoms with Crippen molar-refractivity contribution in [3.05, 3.63) is 58.5 Å². The van der Waals surface area contributed by atoms with Gasteiger partial charge in [-0.1, -0.05) is 6.07 Å². The van der Waals surface area contributed by atoms with Crippen molar-refractivity contribution in [3.8, 4) is 11.5 Å². The maximum Gasteiger partial charge on any atom is 0.253 e. The third kappa shape index (κ3) is 4.88. The lowest BCUT2D eigenvalue weighted by Crippen LogP contribution is -2.34. The fourth-order valence-corrected chi connectivity index (χ4v) is 2.02. The smallest absolute Gasteiger partial charge is 0.253 e. The van der Waals surface area contributed by atoms with Crippen molar-refractivity contribution < 1.29 is 14.3 Å². The zero-order valence-corrected chi connectivity index (χ0v) is 13.2. The Labute approximate surface area is 134 Å². The molecule has 0 spiro atoms. The minimum absolute atomic E-state index is 0.00302. The van der Waals surface area contributed by atoms with Crippen molar-refractivity contribution in [1.82, 2.24) is 9.88 Å². The molecule has 1 amide bonds. The van der Waals surface area contributed by atoms with Crippen LogP contribution in [-0.2, 0) is 11.3 Å². The molecule has 0 aliphatic carbocycles. The minimum Gasteiger partial charge on any atom is -0.497 e. The average Bonchev–Trinajstić information content (AvgIpc) is 2.56. The van der Waals surface area contributed by atoms with E-state index < -0.39 is 0 Å². The molecule has 1 aromatic heterocycles. The number of ether oxygens (including phenoxy) is 2. The Morgan fingerprint density at radius 1 is 1.17 bits per heavy atom. The first-order chi connectivity index (χ1) is 11.1. The molecular formula is C17H20N2O4. The molecule has 0 bridgehead atoms. The van der Waals surface area contributed by atoms with E-state index in [1.165, 1.54) is 4.57 Å². The average molecular weight is 316 g/mol. The van der Waals surface area contributed by atoms with Gasteiger partial charge in [0.05, 0.1) is 13.7 Å². The van der Waals surface area contributed by atoms with Gasteiger partial charge < -0.3 is 19.4 Å². The molecule has 6 heteroatoms. The topological polar surface area (TPSA) is 69.6 Å². The second-order valence-corrected chi connectivity index (χ2v) is 5.00. The lowest BCUT2D eigenvalue weighted by atomic mass is 10.3. The first-order valence-electron chi connectivity index (χ1n) is 7.30. The highest BCUT2D eigenvalue weighted by Crippen LogP contribution is 2.16. The molecule has 0 aliphatic heterocycles. The van der Waals surface area contributed by atoms with Crippen molar-refractivity contribution in [2.24, 2.45) is 0 Å². The van der Waals surface area contributed by atoms with Crippen LogP contribution in [0.25, 0.3) is 0 Å². The molecule has 0 saturated carbocycles. The number of pyridine rings is 1. The van der Waals surface area contributed by atoms with Gasteiger partial charge in [-0.3, -0.25) is 9.59 Å². The third-order valence-electron chi connectivity index (χ3n) is 3.28. The summed E-state index contributed by atoms with van der Waals surface area (Å²) in [6, 6.07) is 10.7. The van der Waals surface area contributed by atoms with Crippen LogP contribution in [0.3, 0.4) is 0 Å². The van der Waals surface area contributed by atoms with Crippen molar-refractivity contribution in [2.45, 2.75) is 13.5 Å². The van der Waals surface area contributed by atoms with Crippen molar-refractivity contribution in [1.29, 1.82) is 0 Å². The van der Waals surface area contributed by atoms with Crippen LogP contribution in [0.4, 0.5) is 0 Å². The van der Waals surface area contributed by atoms with Gasteiger partial charge in [-0.2, -0.15) is 0 Å². The first-order valence-corrected chi connectivity index (χ1v) is 7.30. The first kappa shape index (κ1) is 16.6. The molecule has 0 unspecified atom stereocenters. The summed E-state index contributed by atoms with van der Waals surface area (Å²) in [5.41, 5.74) is 0.459. The molecule has 0 aliphatic rings. The number of amides is 1. The van der Waals surface area contributed by atoms with Crippen LogP contribution in [-0.4, -0.2) is 30.7 Å². The fraction of sp³-hybridized carbons (Fsp3) is 0.294. The lowest BCUT2D eigenvalue weighted by Gasteiger charge is -2.09. The molecule has 0 saturated heterocycles. The van der Waals surface area contributed by atoms with Crippen LogP contribution in [0.5, 0.6) is 11.5 Å². The molecule has 2 rings (SSSR count). The summed E-state index contributed by atoms with van der Waals surface area (Å²) < 4.78 is 12.0. The number of nitrogens with one attached hydrogen (secondary N) is 1. The Bertz CT molecular complexity index is 707. The van der Waals surface area contributed by atoms with Crippen molar-refractivity contribution in [2.75, 3.05) is 20.3 Å². The highest BCUT2D eigenvalue weighted by atomic mass is 16.5. The number of aryl methyl sites for hydroxylation is 1. The van der Waals surface area contributed by atoms with E-state index in [1.807, 2.05) is 0 Å². The minimum atomic E-state index is -0.226. The molecule has 1 aromatic carbocycles. The van der Waals surface area contributed by atoms with Gasteiger partial charge in [-0.25, -0.2) is 0 Å². The van der Waals surface area contributed by atoms with Crippen LogP contribution < -0.4 is 20.3 Å². The van der Waals surface area contributed by atoms with Gasteiger partial charge in [0.2, 0.25) is 5.91 Å². The van der Waals surface area contributed by atoms with Crippen LogP contribution in [0.2, 0.25) is 0 Å². The Hall–Kier alpha value is -2.76. The zero-order valence-electron chi connectivity index (χ0n) is 13.2. The van der Waals surface area contributed by atoms with Gasteiger partial charge in [0.1, 0.15) is 24.7 Å². The Morgan fingerprint density at radius 3 is 2.57 bits per heavy atom. The van der Waals surface area contributed by atoms with E-state index in [-0.39, 0.29) is 18.0 Å². The van der Waals surface area contributed by atoms with Crippen LogP contribution in [0.1, 0.15) is 5.56 Å². The quantitative estimate of drug-likeness (QED) is 0.783. The van der Waals surface area contributed by atoms with E-state index in [9.17, 15) is 9.59 Å². The van der Waals surface area contributed by atoms with Gasteiger partial charge in [-0.05, 0) is 37.3 Å². The number of methoxy groups -OCH3 is 1. The van der Waals surface area contributed by atoms with Crippen molar-refractivity contribution >= 4 is 5.91 Å². The van der Waals surface area contributed by atoms with Gasteiger partial charge in [-0.15, -0.1) is 0 Å². The number of benzene rings is 1. The van der Waals surface area contributed by atoms with Crippen molar-refractivity contribution in [3.63, 3.8) is 0 Å². The highest BCUT2D eigenvalue weighted by molar-refractivity contribution is 5.75. The molecule has 23 heavy (non-hydrogen) atoms. The standard InChI is InChI=1S/C17H20N2O4/c1-13-4-3-10-19(17(13)21)12-16(20)18-9-11-23-15-7-5-14(22-2)6-8-15/h3-8,10H,9,11-12H2,1-2H3,(H,18,20). The van der Waals surface area contributed by atoms with E-state index >= 15 is 0 Å². The second kappa shape index (κ2) is 8.03. The molecule has 0 atom stereocenters. The second-order valence-electron chi connectivity index (χ2n) is 5.00. The maximum atomic E-state index is 11.8. The molecule has 2 aromatic rings. The fourth-order valence-electron chi connectivity index (χ4n) is 2.02. The summed E-state index contributed by atoms with van der Waals surface area (Å²) in [6.07, 6.45) is 1.60. The summed E-state index contributed by atoms with van der Waals surface area (Å²) in [7, 11) is 1.60. The van der Waals surface area contributed by atoms with E-state index in [1.54, 1.807) is 56.6 Å². The zero-order chi connectivity index (χ0) is 16.7. The summed E-state index contributed by atoms with van der Waals surface area (Å²) in [4.78, 5) is 23.6. The summed E-state index contributed by atoms with van der Waals surface area (Å²) in [6.45, 7) is 2.44. The summed E-state index contributed by atoms with van der Waals surface area (Å²) >= 11 is 0. The van der Waals surface area contributed by atoms with E-state index in [0.717, 1.165) is 5.75 Å². The summed E-state index contributed by atoms with van der Waals surface area (Å²) in [5, 5.41) is 2.72. The SMILES string of the molecule is COc1ccc(OCCNC(=O)Cn2cccc(C)c2=O)cc1. The third-order valence-corrected chi connectivity index (χ3v) is 3.28. The number of aromatic nitrogens is 1. The number of rotatable bonds is 7. The molecule has 0 radical (unpaired) electrons. The van der Waals surface area contributed by atoms with Crippen LogP contribution in [0.15, 0.2) is 47.4 Å². The number of hydrogen-bond donors (Lipinski definition) is 1. The largest absolute Gasteiger partial charge is 0.497 e. The molecule has 6 nitrogen and oxygen atoms in total. The Morgan fingerprint density at radius 2 is 1.87 bits per heavy atom. The Balaban J connectivity index is 1.74. The van der Waals surface area contributed by atoms with E-state index in [2.05, 4.69) is 5.32 Å². The molecular weight excluding hydrogens is 296 g/mol. The van der Waals surface area contributed by atoms with Crippen LogP contribution >= 0.6 is 0 Å². The number of carbonyl (C=O) groups is 1. The number of nitrogens with zero attached hydrogens (tertiary/aromatic N) is 1. The molecule has 1 N–H and O–H groups in total. The highest BCUT2D eigenvalue weighted by Gasteiger charge is 2.05. The predicted octanol–water partition coefficient (Wildman–Crippen LogP) is 1.36. The van der Waals surface area contributed by atoms with E-state index in [4.69, 9.17) is 9.47 Å². The van der Waals surface area contributed by atoms with Gasteiger partial charge >= 0.3 is 0 Å². The molecule has 122 valence electrons. The Kier molecular flexibility index (Phi) is 5.80. The normalized spacial score (nSPS) is 10.2. The van der Waals surface area contributed by atoms with Gasteiger partial charge in [0.25, 0.3) is 5.56 Å². The predicted molar refractivity (Wildman–Crippen MR) is 86.9 cm³/mol.